The van der Waals surface area contributed by atoms with Gasteiger partial charge in [-0.05, 0) is 77.0 Å². The Morgan fingerprint density at radius 3 is 0.877 bits per heavy atom. The van der Waals surface area contributed by atoms with E-state index in [0.717, 1.165) is 89.9 Å². The molecule has 1 unspecified atom stereocenters. The van der Waals surface area contributed by atoms with E-state index >= 15 is 0 Å². The predicted molar refractivity (Wildman–Crippen MR) is 279 cm³/mol. The number of carbonyl (C=O) groups is 3. The third kappa shape index (κ3) is 52.5. The normalized spacial score (nSPS) is 12.2. The minimum atomic E-state index is -0.780. The van der Waals surface area contributed by atoms with Crippen molar-refractivity contribution in [1.82, 2.24) is 0 Å². The van der Waals surface area contributed by atoms with Crippen LogP contribution in [0.1, 0.15) is 303 Å². The molecule has 0 saturated carbocycles. The van der Waals surface area contributed by atoms with Gasteiger partial charge in [-0.3, -0.25) is 14.4 Å². The molecule has 0 aromatic rings. The summed E-state index contributed by atoms with van der Waals surface area (Å²) in [6.07, 6.45) is 64.2. The molecular weight excluding hydrogens is 805 g/mol. The molecule has 0 spiro atoms. The summed E-state index contributed by atoms with van der Waals surface area (Å²) in [5.74, 6) is -0.884. The fourth-order valence-corrected chi connectivity index (χ4v) is 8.29. The molecule has 0 N–H and O–H groups in total. The van der Waals surface area contributed by atoms with E-state index in [9.17, 15) is 14.4 Å². The van der Waals surface area contributed by atoms with E-state index in [-0.39, 0.29) is 31.1 Å². The highest BCUT2D eigenvalue weighted by molar-refractivity contribution is 5.71. The smallest absolute Gasteiger partial charge is 0.306 e. The van der Waals surface area contributed by atoms with Gasteiger partial charge in [-0.1, -0.05) is 243 Å². The first-order valence-electron chi connectivity index (χ1n) is 28.5. The maximum atomic E-state index is 12.8. The van der Waals surface area contributed by atoms with Crippen LogP contribution in [0.5, 0.6) is 0 Å². The number of esters is 3. The molecule has 1 atom stereocenters. The second-order valence-electron chi connectivity index (χ2n) is 19.2. The minimum absolute atomic E-state index is 0.0770. The molecular formula is C59H108O6. The summed E-state index contributed by atoms with van der Waals surface area (Å²) >= 11 is 0. The van der Waals surface area contributed by atoms with Gasteiger partial charge in [0.15, 0.2) is 6.10 Å². The third-order valence-corrected chi connectivity index (χ3v) is 12.6. The first kappa shape index (κ1) is 62.6. The molecule has 0 fully saturated rings. The summed E-state index contributed by atoms with van der Waals surface area (Å²) in [7, 11) is 0. The lowest BCUT2D eigenvalue weighted by Crippen LogP contribution is -2.30. The second-order valence-corrected chi connectivity index (χ2v) is 19.2. The van der Waals surface area contributed by atoms with Crippen LogP contribution in [0.2, 0.25) is 0 Å². The van der Waals surface area contributed by atoms with E-state index < -0.39 is 6.10 Å². The van der Waals surface area contributed by atoms with Gasteiger partial charge in [0.25, 0.3) is 0 Å². The quantitative estimate of drug-likeness (QED) is 0.0262. The zero-order valence-electron chi connectivity index (χ0n) is 43.5. The van der Waals surface area contributed by atoms with Crippen molar-refractivity contribution in [3.8, 4) is 0 Å². The lowest BCUT2D eigenvalue weighted by molar-refractivity contribution is -0.167. The van der Waals surface area contributed by atoms with Gasteiger partial charge in [-0.15, -0.1) is 0 Å². The molecule has 0 aliphatic carbocycles. The van der Waals surface area contributed by atoms with Gasteiger partial charge in [0.05, 0.1) is 0 Å². The summed E-state index contributed by atoms with van der Waals surface area (Å²) in [5, 5.41) is 0. The van der Waals surface area contributed by atoms with Crippen LogP contribution < -0.4 is 0 Å². The summed E-state index contributed by atoms with van der Waals surface area (Å²) in [6, 6.07) is 0. The van der Waals surface area contributed by atoms with Gasteiger partial charge in [-0.2, -0.15) is 0 Å². The van der Waals surface area contributed by atoms with Crippen molar-refractivity contribution in [2.45, 2.75) is 309 Å². The highest BCUT2D eigenvalue weighted by Crippen LogP contribution is 2.16. The number of rotatable bonds is 52. The monoisotopic (exact) mass is 913 g/mol. The molecule has 0 heterocycles. The van der Waals surface area contributed by atoms with Gasteiger partial charge in [0.1, 0.15) is 13.2 Å². The largest absolute Gasteiger partial charge is 0.462 e. The fraction of sp³-hybridized carbons (Fsp3) is 0.847. The molecule has 0 rings (SSSR count). The number of hydrogen-bond donors (Lipinski definition) is 0. The molecule has 0 aliphatic heterocycles. The Hall–Kier alpha value is -2.37. The zero-order chi connectivity index (χ0) is 47.2. The van der Waals surface area contributed by atoms with Crippen LogP contribution in [-0.4, -0.2) is 37.2 Å². The maximum absolute atomic E-state index is 12.8. The van der Waals surface area contributed by atoms with E-state index in [0.29, 0.717) is 19.3 Å². The average Bonchev–Trinajstić information content (AvgIpc) is 3.30. The number of carbonyl (C=O) groups excluding carboxylic acids is 3. The zero-order valence-corrected chi connectivity index (χ0v) is 43.5. The van der Waals surface area contributed by atoms with E-state index in [4.69, 9.17) is 14.2 Å². The highest BCUT2D eigenvalue weighted by atomic mass is 16.6. The maximum Gasteiger partial charge on any atom is 0.306 e. The Labute approximate surface area is 404 Å². The van der Waals surface area contributed by atoms with Crippen molar-refractivity contribution in [3.63, 3.8) is 0 Å². The Morgan fingerprint density at radius 1 is 0.308 bits per heavy atom. The number of allylic oxidation sites excluding steroid dienone is 6. The van der Waals surface area contributed by atoms with Crippen LogP contribution in [-0.2, 0) is 28.6 Å². The number of hydrogen-bond acceptors (Lipinski definition) is 6. The molecule has 0 amide bonds. The first-order valence-corrected chi connectivity index (χ1v) is 28.5. The van der Waals surface area contributed by atoms with Crippen LogP contribution >= 0.6 is 0 Å². The first-order chi connectivity index (χ1) is 32.0. The van der Waals surface area contributed by atoms with Crippen LogP contribution in [0.15, 0.2) is 36.5 Å². The molecule has 380 valence electrons. The van der Waals surface area contributed by atoms with E-state index in [1.165, 1.54) is 173 Å². The van der Waals surface area contributed by atoms with Crippen molar-refractivity contribution >= 4 is 17.9 Å². The van der Waals surface area contributed by atoms with Crippen LogP contribution in [0.4, 0.5) is 0 Å². The lowest BCUT2D eigenvalue weighted by Gasteiger charge is -2.18. The predicted octanol–water partition coefficient (Wildman–Crippen LogP) is 18.9. The Balaban J connectivity index is 4.35. The Kier molecular flexibility index (Phi) is 52.3. The molecule has 0 aromatic heterocycles. The molecule has 0 saturated heterocycles. The third-order valence-electron chi connectivity index (χ3n) is 12.6. The molecule has 0 aliphatic rings. The van der Waals surface area contributed by atoms with Gasteiger partial charge in [0, 0.05) is 19.3 Å². The number of unbranched alkanes of at least 4 members (excludes halogenated alkanes) is 35. The van der Waals surface area contributed by atoms with Crippen molar-refractivity contribution in [2.75, 3.05) is 13.2 Å². The summed E-state index contributed by atoms with van der Waals surface area (Å²) in [5.41, 5.74) is 0. The summed E-state index contributed by atoms with van der Waals surface area (Å²) in [6.45, 7) is 6.63. The van der Waals surface area contributed by atoms with E-state index in [2.05, 4.69) is 57.2 Å². The standard InChI is InChI=1S/C59H108O6/c1-4-7-10-13-16-19-22-25-27-29-30-32-34-37-40-43-46-49-52-58(61)64-55-56(54-63-57(60)51-48-45-42-39-36-33-24-21-18-15-12-9-6-3)65-59(62)53-50-47-44-41-38-35-31-28-26-23-20-17-14-11-8-5-2/h20-21,23-24,28,31,56H,4-19,22,25-27,29-30,32-55H2,1-3H3/b23-20-,24-21-,31-28-. The van der Waals surface area contributed by atoms with Crippen LogP contribution in [0, 0.1) is 0 Å². The SMILES string of the molecule is CCCCCC/C=C\C/C=C\CCCCCCCC(=O)OC(COC(=O)CCCCCCC/C=C\CCCCCC)COC(=O)CCCCCCCCCCCCCCCCCCCC. The molecule has 0 radical (unpaired) electrons. The second kappa shape index (κ2) is 54.2. The summed E-state index contributed by atoms with van der Waals surface area (Å²) in [4.78, 5) is 38.1. The van der Waals surface area contributed by atoms with Crippen molar-refractivity contribution in [2.24, 2.45) is 0 Å². The number of ether oxygens (including phenoxy) is 3. The van der Waals surface area contributed by atoms with Crippen molar-refractivity contribution < 1.29 is 28.6 Å². The van der Waals surface area contributed by atoms with Crippen molar-refractivity contribution in [3.05, 3.63) is 36.5 Å². The molecule has 0 bridgehead atoms. The van der Waals surface area contributed by atoms with Gasteiger partial charge in [0.2, 0.25) is 0 Å². The fourth-order valence-electron chi connectivity index (χ4n) is 8.29. The van der Waals surface area contributed by atoms with Gasteiger partial charge in [-0.25, -0.2) is 0 Å². The van der Waals surface area contributed by atoms with Gasteiger partial charge >= 0.3 is 17.9 Å². The molecule has 6 nitrogen and oxygen atoms in total. The summed E-state index contributed by atoms with van der Waals surface area (Å²) < 4.78 is 16.8. The molecule has 0 aromatic carbocycles. The van der Waals surface area contributed by atoms with Gasteiger partial charge < -0.3 is 14.2 Å². The van der Waals surface area contributed by atoms with Crippen LogP contribution in [0.25, 0.3) is 0 Å². The average molecular weight is 914 g/mol. The Bertz CT molecular complexity index is 1090. The Morgan fingerprint density at radius 2 is 0.554 bits per heavy atom. The minimum Gasteiger partial charge on any atom is -0.462 e. The topological polar surface area (TPSA) is 78.9 Å². The van der Waals surface area contributed by atoms with Crippen molar-refractivity contribution in [1.29, 1.82) is 0 Å². The van der Waals surface area contributed by atoms with E-state index in [1.54, 1.807) is 0 Å². The van der Waals surface area contributed by atoms with Crippen LogP contribution in [0.3, 0.4) is 0 Å². The lowest BCUT2D eigenvalue weighted by atomic mass is 10.0. The molecule has 65 heavy (non-hydrogen) atoms. The molecule has 6 heteroatoms. The highest BCUT2D eigenvalue weighted by Gasteiger charge is 2.19. The van der Waals surface area contributed by atoms with E-state index in [1.807, 2.05) is 0 Å².